The zero-order valence-electron chi connectivity index (χ0n) is 11.8. The molecule has 0 saturated carbocycles. The lowest BCUT2D eigenvalue weighted by atomic mass is 10.0. The Morgan fingerprint density at radius 3 is 2.63 bits per heavy atom. The van der Waals surface area contributed by atoms with E-state index in [2.05, 4.69) is 52.4 Å². The molecule has 19 heavy (non-hydrogen) atoms. The Hall–Kier alpha value is -0.760. The van der Waals surface area contributed by atoms with Crippen molar-refractivity contribution in [3.63, 3.8) is 0 Å². The first-order chi connectivity index (χ1) is 9.33. The van der Waals surface area contributed by atoms with E-state index in [1.807, 2.05) is 0 Å². The minimum absolute atomic E-state index is 0.969. The summed E-state index contributed by atoms with van der Waals surface area (Å²) in [7, 11) is 0. The molecule has 1 aliphatic rings. The van der Waals surface area contributed by atoms with Gasteiger partial charge in [0.15, 0.2) is 0 Å². The summed E-state index contributed by atoms with van der Waals surface area (Å²) in [4.78, 5) is 0. The minimum Gasteiger partial charge on any atom is -0.383 e. The van der Waals surface area contributed by atoms with E-state index in [0.29, 0.717) is 0 Å². The van der Waals surface area contributed by atoms with Crippen LogP contribution in [-0.4, -0.2) is 0 Å². The Kier molecular flexibility index (Phi) is 5.96. The maximum absolute atomic E-state index is 3.76. The van der Waals surface area contributed by atoms with E-state index in [1.54, 1.807) is 0 Å². The largest absolute Gasteiger partial charge is 0.383 e. The molecule has 0 fully saturated rings. The summed E-state index contributed by atoms with van der Waals surface area (Å²) in [6, 6.07) is 8.64. The number of hydrogen-bond acceptors (Lipinski definition) is 1. The van der Waals surface area contributed by atoms with E-state index in [0.717, 1.165) is 6.54 Å². The van der Waals surface area contributed by atoms with E-state index in [1.165, 1.54) is 66.3 Å². The second-order valence-corrected chi connectivity index (χ2v) is 6.11. The monoisotopic (exact) mass is 321 g/mol. The molecule has 0 atom stereocenters. The van der Waals surface area contributed by atoms with Gasteiger partial charge in [0.1, 0.15) is 0 Å². The SMILES string of the molecule is CCCCCCCCC1=C(Br)c2ccccc2CN1. The summed E-state index contributed by atoms with van der Waals surface area (Å²) in [5.74, 6) is 0. The van der Waals surface area contributed by atoms with Crippen molar-refractivity contribution in [3.8, 4) is 0 Å². The van der Waals surface area contributed by atoms with Crippen molar-refractivity contribution < 1.29 is 0 Å². The number of hydrogen-bond donors (Lipinski definition) is 1. The van der Waals surface area contributed by atoms with Gasteiger partial charge in [0.25, 0.3) is 0 Å². The zero-order chi connectivity index (χ0) is 13.5. The maximum Gasteiger partial charge on any atom is 0.0440 e. The van der Waals surface area contributed by atoms with Crippen LogP contribution in [0.15, 0.2) is 30.0 Å². The summed E-state index contributed by atoms with van der Waals surface area (Å²) in [6.07, 6.45) is 9.31. The number of fused-ring (bicyclic) bond motifs is 1. The highest BCUT2D eigenvalue weighted by atomic mass is 79.9. The average Bonchev–Trinajstić information content (AvgIpc) is 2.45. The van der Waals surface area contributed by atoms with E-state index in [9.17, 15) is 0 Å². The van der Waals surface area contributed by atoms with E-state index >= 15 is 0 Å². The lowest BCUT2D eigenvalue weighted by molar-refractivity contribution is 0.594. The molecule has 2 heteroatoms. The highest BCUT2D eigenvalue weighted by molar-refractivity contribution is 9.15. The molecule has 0 aromatic heterocycles. The standard InChI is InChI=1S/C17H24BrN/c1-2-3-4-5-6-7-12-16-17(18)15-11-9-8-10-14(15)13-19-16/h8-11,19H,2-7,12-13H2,1H3. The van der Waals surface area contributed by atoms with Gasteiger partial charge in [-0.15, -0.1) is 0 Å². The fourth-order valence-corrected chi connectivity index (χ4v) is 3.34. The van der Waals surface area contributed by atoms with Gasteiger partial charge in [-0.25, -0.2) is 0 Å². The molecule has 1 aliphatic heterocycles. The number of unbranched alkanes of at least 4 members (excludes halogenated alkanes) is 5. The Labute approximate surface area is 125 Å². The van der Waals surface area contributed by atoms with Crippen molar-refractivity contribution >= 4 is 20.4 Å². The van der Waals surface area contributed by atoms with E-state index in [4.69, 9.17) is 0 Å². The van der Waals surface area contributed by atoms with Gasteiger partial charge < -0.3 is 5.32 Å². The highest BCUT2D eigenvalue weighted by Gasteiger charge is 2.15. The van der Waals surface area contributed by atoms with E-state index < -0.39 is 0 Å². The van der Waals surface area contributed by atoms with E-state index in [-0.39, 0.29) is 0 Å². The zero-order valence-corrected chi connectivity index (χ0v) is 13.4. The van der Waals surface area contributed by atoms with Gasteiger partial charge in [-0.05, 0) is 39.9 Å². The topological polar surface area (TPSA) is 12.0 Å². The molecule has 0 saturated heterocycles. The Bertz CT molecular complexity index is 437. The second kappa shape index (κ2) is 7.74. The first-order valence-electron chi connectivity index (χ1n) is 7.53. The molecule has 0 radical (unpaired) electrons. The van der Waals surface area contributed by atoms with Gasteiger partial charge >= 0.3 is 0 Å². The van der Waals surface area contributed by atoms with Crippen LogP contribution in [0.1, 0.15) is 63.0 Å². The van der Waals surface area contributed by atoms with Gasteiger partial charge in [0, 0.05) is 16.7 Å². The van der Waals surface area contributed by atoms with Gasteiger partial charge in [-0.3, -0.25) is 0 Å². The van der Waals surface area contributed by atoms with Crippen LogP contribution >= 0.6 is 15.9 Å². The predicted molar refractivity (Wildman–Crippen MR) is 87.1 cm³/mol. The summed E-state index contributed by atoms with van der Waals surface area (Å²) < 4.78 is 1.27. The number of benzene rings is 1. The summed E-state index contributed by atoms with van der Waals surface area (Å²) in [5.41, 5.74) is 4.14. The molecule has 0 aliphatic carbocycles. The van der Waals surface area contributed by atoms with Crippen molar-refractivity contribution in [1.82, 2.24) is 5.32 Å². The fourth-order valence-electron chi connectivity index (χ4n) is 2.61. The number of allylic oxidation sites excluding steroid dienone is 1. The molecule has 1 nitrogen and oxygen atoms in total. The van der Waals surface area contributed by atoms with Crippen LogP contribution in [0.5, 0.6) is 0 Å². The molecule has 0 spiro atoms. The van der Waals surface area contributed by atoms with Gasteiger partial charge in [-0.2, -0.15) is 0 Å². The van der Waals surface area contributed by atoms with Crippen LogP contribution in [0.25, 0.3) is 4.48 Å². The van der Waals surface area contributed by atoms with Crippen molar-refractivity contribution in [2.45, 2.75) is 58.4 Å². The smallest absolute Gasteiger partial charge is 0.0440 e. The summed E-state index contributed by atoms with van der Waals surface area (Å²) in [6.45, 7) is 3.24. The van der Waals surface area contributed by atoms with Crippen LogP contribution in [0.3, 0.4) is 0 Å². The highest BCUT2D eigenvalue weighted by Crippen LogP contribution is 2.32. The third-order valence-electron chi connectivity index (χ3n) is 3.79. The fraction of sp³-hybridized carbons (Fsp3) is 0.529. The van der Waals surface area contributed by atoms with Crippen LogP contribution < -0.4 is 5.32 Å². The third-order valence-corrected chi connectivity index (χ3v) is 4.70. The molecule has 0 amide bonds. The molecule has 1 heterocycles. The molecule has 2 rings (SSSR count). The number of nitrogens with one attached hydrogen (secondary N) is 1. The molecular weight excluding hydrogens is 298 g/mol. The minimum atomic E-state index is 0.969. The first-order valence-corrected chi connectivity index (χ1v) is 8.33. The van der Waals surface area contributed by atoms with Crippen molar-refractivity contribution in [2.24, 2.45) is 0 Å². The van der Waals surface area contributed by atoms with Crippen molar-refractivity contribution in [3.05, 3.63) is 41.1 Å². The molecule has 1 aromatic carbocycles. The van der Waals surface area contributed by atoms with Gasteiger partial charge in [0.05, 0.1) is 0 Å². The Morgan fingerprint density at radius 1 is 1.05 bits per heavy atom. The average molecular weight is 322 g/mol. The molecule has 0 bridgehead atoms. The molecule has 1 aromatic rings. The quantitative estimate of drug-likeness (QED) is 0.644. The lowest BCUT2D eigenvalue weighted by Crippen LogP contribution is -2.19. The van der Waals surface area contributed by atoms with Crippen LogP contribution in [0.4, 0.5) is 0 Å². The normalized spacial score (nSPS) is 14.2. The molecular formula is C17H24BrN. The predicted octanol–water partition coefficient (Wildman–Crippen LogP) is 5.60. The number of rotatable bonds is 7. The molecule has 0 unspecified atom stereocenters. The van der Waals surface area contributed by atoms with Gasteiger partial charge in [-0.1, -0.05) is 63.3 Å². The Balaban J connectivity index is 1.84. The lowest BCUT2D eigenvalue weighted by Gasteiger charge is -2.22. The van der Waals surface area contributed by atoms with Crippen LogP contribution in [-0.2, 0) is 6.54 Å². The van der Waals surface area contributed by atoms with Gasteiger partial charge in [0.2, 0.25) is 0 Å². The number of halogens is 1. The molecule has 104 valence electrons. The Morgan fingerprint density at radius 2 is 1.79 bits per heavy atom. The second-order valence-electron chi connectivity index (χ2n) is 5.32. The summed E-state index contributed by atoms with van der Waals surface area (Å²) >= 11 is 3.76. The maximum atomic E-state index is 3.76. The van der Waals surface area contributed by atoms with Crippen LogP contribution in [0, 0.1) is 0 Å². The first kappa shape index (κ1) is 14.6. The summed E-state index contributed by atoms with van der Waals surface area (Å²) in [5, 5.41) is 3.56. The van der Waals surface area contributed by atoms with Crippen molar-refractivity contribution in [2.75, 3.05) is 0 Å². The van der Waals surface area contributed by atoms with Crippen LogP contribution in [0.2, 0.25) is 0 Å². The molecule has 1 N–H and O–H groups in total. The van der Waals surface area contributed by atoms with Crippen molar-refractivity contribution in [1.29, 1.82) is 0 Å². The third kappa shape index (κ3) is 4.10.